The normalized spacial score (nSPS) is 25.6. The van der Waals surface area contributed by atoms with E-state index in [4.69, 9.17) is 10.00 Å². The zero-order valence-corrected chi connectivity index (χ0v) is 8.99. The van der Waals surface area contributed by atoms with E-state index in [9.17, 15) is 0 Å². The Balaban J connectivity index is 2.20. The number of rotatable bonds is 4. The van der Waals surface area contributed by atoms with Gasteiger partial charge in [-0.05, 0) is 20.4 Å². The Hall–Kier alpha value is -0.630. The molecule has 1 aliphatic heterocycles. The van der Waals surface area contributed by atoms with Gasteiger partial charge in [0, 0.05) is 19.6 Å². The summed E-state index contributed by atoms with van der Waals surface area (Å²) in [4.78, 5) is 2.36. The van der Waals surface area contributed by atoms with Gasteiger partial charge in [-0.1, -0.05) is 0 Å². The van der Waals surface area contributed by atoms with Gasteiger partial charge >= 0.3 is 0 Å². The molecule has 2 atom stereocenters. The molecule has 1 saturated heterocycles. The van der Waals surface area contributed by atoms with E-state index in [0.29, 0.717) is 6.10 Å². The molecule has 4 heteroatoms. The summed E-state index contributed by atoms with van der Waals surface area (Å²) in [6.07, 6.45) is 1.22. The van der Waals surface area contributed by atoms with Crippen LogP contribution >= 0.6 is 0 Å². The highest BCUT2D eigenvalue weighted by molar-refractivity contribution is 4.89. The maximum absolute atomic E-state index is 8.75. The maximum Gasteiger partial charge on any atom is 0.0962 e. The van der Waals surface area contributed by atoms with Crippen molar-refractivity contribution in [3.05, 3.63) is 0 Å². The van der Waals surface area contributed by atoms with Gasteiger partial charge in [0.1, 0.15) is 0 Å². The van der Waals surface area contributed by atoms with Gasteiger partial charge in [-0.15, -0.1) is 0 Å². The fourth-order valence-electron chi connectivity index (χ4n) is 1.68. The minimum absolute atomic E-state index is 0.0202. The van der Waals surface area contributed by atoms with Crippen molar-refractivity contribution in [3.63, 3.8) is 0 Å². The molecule has 4 nitrogen and oxygen atoms in total. The predicted molar refractivity (Wildman–Crippen MR) is 54.9 cm³/mol. The molecule has 0 saturated carbocycles. The number of nitrogens with zero attached hydrogens (tertiary/aromatic N) is 2. The number of ether oxygens (including phenoxy) is 1. The van der Waals surface area contributed by atoms with Gasteiger partial charge in [0.05, 0.1) is 24.8 Å². The van der Waals surface area contributed by atoms with Crippen molar-refractivity contribution >= 4 is 0 Å². The standard InChI is InChI=1S/C10H19N3O/c1-9-8-13(5-6-14-9)4-3-10(7-11)12-2/h9-10,12H,3-6,8H2,1-2H3. The van der Waals surface area contributed by atoms with Gasteiger partial charge < -0.3 is 10.1 Å². The molecule has 0 bridgehead atoms. The Morgan fingerprint density at radius 3 is 3.07 bits per heavy atom. The quantitative estimate of drug-likeness (QED) is 0.700. The minimum atomic E-state index is -0.0202. The number of hydrogen-bond acceptors (Lipinski definition) is 4. The van der Waals surface area contributed by atoms with Gasteiger partial charge in [0.2, 0.25) is 0 Å². The first kappa shape index (κ1) is 11.4. The first-order valence-corrected chi connectivity index (χ1v) is 5.17. The van der Waals surface area contributed by atoms with Crippen LogP contribution in [0.25, 0.3) is 0 Å². The molecule has 80 valence electrons. The van der Waals surface area contributed by atoms with Gasteiger partial charge in [0.15, 0.2) is 0 Å². The molecule has 0 spiro atoms. The second-order valence-corrected chi connectivity index (χ2v) is 3.74. The van der Waals surface area contributed by atoms with Gasteiger partial charge in [0.25, 0.3) is 0 Å². The lowest BCUT2D eigenvalue weighted by molar-refractivity contribution is -0.0187. The lowest BCUT2D eigenvalue weighted by Crippen LogP contribution is -2.42. The van der Waals surface area contributed by atoms with E-state index in [-0.39, 0.29) is 6.04 Å². The highest BCUT2D eigenvalue weighted by atomic mass is 16.5. The largest absolute Gasteiger partial charge is 0.376 e. The Morgan fingerprint density at radius 1 is 1.71 bits per heavy atom. The molecule has 0 amide bonds. The van der Waals surface area contributed by atoms with Crippen LogP contribution in [0, 0.1) is 11.3 Å². The first-order chi connectivity index (χ1) is 6.76. The third-order valence-electron chi connectivity index (χ3n) is 2.56. The molecule has 1 heterocycles. The average molecular weight is 197 g/mol. The Labute approximate surface area is 85.8 Å². The summed E-state index contributed by atoms with van der Waals surface area (Å²) < 4.78 is 5.45. The molecule has 0 aromatic carbocycles. The minimum Gasteiger partial charge on any atom is -0.376 e. The molecule has 14 heavy (non-hydrogen) atoms. The molecule has 0 aromatic rings. The van der Waals surface area contributed by atoms with E-state index >= 15 is 0 Å². The van der Waals surface area contributed by atoms with Crippen molar-refractivity contribution in [2.75, 3.05) is 33.3 Å². The predicted octanol–water partition coefficient (Wildman–Crippen LogP) is 0.209. The molecule has 1 rings (SSSR count). The second-order valence-electron chi connectivity index (χ2n) is 3.74. The van der Waals surface area contributed by atoms with E-state index in [2.05, 4.69) is 23.2 Å². The van der Waals surface area contributed by atoms with Crippen LogP contribution in [0.1, 0.15) is 13.3 Å². The van der Waals surface area contributed by atoms with E-state index in [1.807, 2.05) is 7.05 Å². The van der Waals surface area contributed by atoms with Crippen LogP contribution < -0.4 is 5.32 Å². The third kappa shape index (κ3) is 3.62. The van der Waals surface area contributed by atoms with Crippen molar-refractivity contribution in [3.8, 4) is 6.07 Å². The van der Waals surface area contributed by atoms with Crippen molar-refractivity contribution in [1.82, 2.24) is 10.2 Å². The smallest absolute Gasteiger partial charge is 0.0962 e. The summed E-state index contributed by atoms with van der Waals surface area (Å²) in [5.41, 5.74) is 0. The number of morpholine rings is 1. The SMILES string of the molecule is CNC(C#N)CCN1CCOC(C)C1. The molecule has 0 aliphatic carbocycles. The molecule has 0 radical (unpaired) electrons. The summed E-state index contributed by atoms with van der Waals surface area (Å²) in [5.74, 6) is 0. The van der Waals surface area contributed by atoms with Crippen molar-refractivity contribution < 1.29 is 4.74 Å². The van der Waals surface area contributed by atoms with Crippen LogP contribution in [0.3, 0.4) is 0 Å². The van der Waals surface area contributed by atoms with Crippen molar-refractivity contribution in [1.29, 1.82) is 5.26 Å². The van der Waals surface area contributed by atoms with Crippen LogP contribution in [-0.2, 0) is 4.74 Å². The van der Waals surface area contributed by atoms with Crippen LogP contribution in [-0.4, -0.2) is 50.3 Å². The molecule has 1 N–H and O–H groups in total. The van der Waals surface area contributed by atoms with Crippen LogP contribution in [0.4, 0.5) is 0 Å². The van der Waals surface area contributed by atoms with E-state index in [0.717, 1.165) is 32.7 Å². The van der Waals surface area contributed by atoms with Gasteiger partial charge in [-0.2, -0.15) is 5.26 Å². The zero-order chi connectivity index (χ0) is 10.4. The lowest BCUT2D eigenvalue weighted by atomic mass is 10.2. The first-order valence-electron chi connectivity index (χ1n) is 5.17. The lowest BCUT2D eigenvalue weighted by Gasteiger charge is -2.31. The van der Waals surface area contributed by atoms with Crippen molar-refractivity contribution in [2.24, 2.45) is 0 Å². The summed E-state index contributed by atoms with van der Waals surface area (Å²) in [6.45, 7) is 5.87. The monoisotopic (exact) mass is 197 g/mol. The molecule has 1 aliphatic rings. The Morgan fingerprint density at radius 2 is 2.50 bits per heavy atom. The molecule has 0 aromatic heterocycles. The fraction of sp³-hybridized carbons (Fsp3) is 0.900. The highest BCUT2D eigenvalue weighted by Gasteiger charge is 2.17. The number of hydrogen-bond donors (Lipinski definition) is 1. The molecule has 1 fully saturated rings. The van der Waals surface area contributed by atoms with E-state index in [1.165, 1.54) is 0 Å². The van der Waals surface area contributed by atoms with Crippen LogP contribution in [0.15, 0.2) is 0 Å². The number of nitriles is 1. The Kier molecular flexibility index (Phi) is 4.88. The maximum atomic E-state index is 8.75. The second kappa shape index (κ2) is 5.97. The van der Waals surface area contributed by atoms with Crippen molar-refractivity contribution in [2.45, 2.75) is 25.5 Å². The number of nitrogens with one attached hydrogen (secondary N) is 1. The highest BCUT2D eigenvalue weighted by Crippen LogP contribution is 2.05. The summed E-state index contributed by atoms with van der Waals surface area (Å²) in [7, 11) is 1.83. The third-order valence-corrected chi connectivity index (χ3v) is 2.56. The fourth-order valence-corrected chi connectivity index (χ4v) is 1.68. The summed E-state index contributed by atoms with van der Waals surface area (Å²) in [6, 6.07) is 2.21. The molecule has 2 unspecified atom stereocenters. The van der Waals surface area contributed by atoms with E-state index in [1.54, 1.807) is 0 Å². The Bertz CT molecular complexity index is 202. The van der Waals surface area contributed by atoms with Gasteiger partial charge in [-0.3, -0.25) is 4.90 Å². The van der Waals surface area contributed by atoms with E-state index < -0.39 is 0 Å². The topological polar surface area (TPSA) is 48.3 Å². The average Bonchev–Trinajstić information content (AvgIpc) is 2.19. The van der Waals surface area contributed by atoms with Gasteiger partial charge in [-0.25, -0.2) is 0 Å². The van der Waals surface area contributed by atoms with Crippen LogP contribution in [0.2, 0.25) is 0 Å². The molecular formula is C10H19N3O. The summed E-state index contributed by atoms with van der Waals surface area (Å²) in [5, 5.41) is 11.7. The summed E-state index contributed by atoms with van der Waals surface area (Å²) >= 11 is 0. The van der Waals surface area contributed by atoms with Crippen LogP contribution in [0.5, 0.6) is 0 Å². The molecular weight excluding hydrogens is 178 g/mol. The zero-order valence-electron chi connectivity index (χ0n) is 8.99.